The Labute approximate surface area is 158 Å². The van der Waals surface area contributed by atoms with Gasteiger partial charge in [0.05, 0.1) is 16.8 Å². The number of hydrogen-bond donors (Lipinski definition) is 0. The molecule has 0 spiro atoms. The van der Waals surface area contributed by atoms with Crippen LogP contribution >= 0.6 is 11.8 Å². The maximum atomic E-state index is 12.7. The lowest BCUT2D eigenvalue weighted by atomic mass is 10.0. The maximum absolute atomic E-state index is 12.7. The number of fused-ring (bicyclic) bond motifs is 1. The van der Waals surface area contributed by atoms with E-state index in [0.717, 1.165) is 41.3 Å². The Morgan fingerprint density at radius 1 is 1.12 bits per heavy atom. The van der Waals surface area contributed by atoms with E-state index in [4.69, 9.17) is 4.98 Å². The number of amides is 1. The van der Waals surface area contributed by atoms with Gasteiger partial charge < -0.3 is 4.90 Å². The van der Waals surface area contributed by atoms with Crippen LogP contribution in [0.25, 0.3) is 16.7 Å². The molecule has 0 saturated carbocycles. The second kappa shape index (κ2) is 7.54. The molecule has 26 heavy (non-hydrogen) atoms. The van der Waals surface area contributed by atoms with E-state index in [1.54, 1.807) is 0 Å². The Balaban J connectivity index is 1.61. The third kappa shape index (κ3) is 3.36. The predicted molar refractivity (Wildman–Crippen MR) is 107 cm³/mol. The first kappa shape index (κ1) is 17.2. The summed E-state index contributed by atoms with van der Waals surface area (Å²) in [6.45, 7) is 3.04. The summed E-state index contributed by atoms with van der Waals surface area (Å²) in [5.74, 6) is 0.648. The third-order valence-corrected chi connectivity index (χ3v) is 5.92. The molecule has 134 valence electrons. The van der Waals surface area contributed by atoms with Crippen molar-refractivity contribution in [2.24, 2.45) is 0 Å². The molecule has 1 aliphatic rings. The average Bonchev–Trinajstić information content (AvgIpc) is 3.05. The van der Waals surface area contributed by atoms with Crippen molar-refractivity contribution in [1.82, 2.24) is 14.5 Å². The van der Waals surface area contributed by atoms with Crippen LogP contribution in [0.4, 0.5) is 0 Å². The number of para-hydroxylation sites is 3. The van der Waals surface area contributed by atoms with E-state index in [9.17, 15) is 4.79 Å². The molecule has 3 aromatic rings. The molecule has 0 unspecified atom stereocenters. The fourth-order valence-electron chi connectivity index (χ4n) is 3.61. The highest BCUT2D eigenvalue weighted by atomic mass is 32.2. The van der Waals surface area contributed by atoms with Crippen molar-refractivity contribution in [3.05, 3.63) is 54.6 Å². The first-order valence-corrected chi connectivity index (χ1v) is 10.2. The molecule has 1 fully saturated rings. The summed E-state index contributed by atoms with van der Waals surface area (Å²) >= 11 is 1.53. The van der Waals surface area contributed by atoms with E-state index in [1.807, 2.05) is 41.3 Å². The second-order valence-corrected chi connectivity index (χ2v) is 7.72. The largest absolute Gasteiger partial charge is 0.339 e. The second-order valence-electron chi connectivity index (χ2n) is 6.77. The number of carbonyl (C=O) groups is 1. The van der Waals surface area contributed by atoms with E-state index < -0.39 is 0 Å². The molecule has 2 heterocycles. The topological polar surface area (TPSA) is 38.1 Å². The van der Waals surface area contributed by atoms with Gasteiger partial charge in [-0.1, -0.05) is 42.1 Å². The number of piperidine rings is 1. The highest BCUT2D eigenvalue weighted by molar-refractivity contribution is 7.99. The van der Waals surface area contributed by atoms with Gasteiger partial charge in [0.2, 0.25) is 5.91 Å². The van der Waals surface area contributed by atoms with Crippen molar-refractivity contribution in [1.29, 1.82) is 0 Å². The molecular formula is C21H23N3OS. The molecule has 5 heteroatoms. The fraction of sp³-hybridized carbons (Fsp3) is 0.333. The first-order chi connectivity index (χ1) is 12.7. The molecule has 0 radical (unpaired) electrons. The number of hydrogen-bond acceptors (Lipinski definition) is 3. The van der Waals surface area contributed by atoms with E-state index in [2.05, 4.69) is 29.7 Å². The Hall–Kier alpha value is -2.27. The van der Waals surface area contributed by atoms with Crippen LogP contribution in [0.3, 0.4) is 0 Å². The standard InChI is InChI=1S/C21H23N3OS/c1-16-9-7-8-14-23(16)20(25)15-26-21-22-18-12-5-6-13-19(18)24(21)17-10-3-2-4-11-17/h2-6,10-13,16H,7-9,14-15H2,1H3/t16-/m0/s1. The molecule has 2 aromatic carbocycles. The zero-order chi connectivity index (χ0) is 17.9. The van der Waals surface area contributed by atoms with Crippen molar-refractivity contribution in [2.75, 3.05) is 12.3 Å². The summed E-state index contributed by atoms with van der Waals surface area (Å²) in [5.41, 5.74) is 3.10. The van der Waals surface area contributed by atoms with Crippen molar-refractivity contribution in [2.45, 2.75) is 37.4 Å². The van der Waals surface area contributed by atoms with Crippen LogP contribution in [-0.4, -0.2) is 38.7 Å². The molecule has 4 rings (SSSR count). The van der Waals surface area contributed by atoms with Crippen LogP contribution < -0.4 is 0 Å². The van der Waals surface area contributed by atoms with Gasteiger partial charge in [-0.2, -0.15) is 0 Å². The highest BCUT2D eigenvalue weighted by Gasteiger charge is 2.24. The van der Waals surface area contributed by atoms with Crippen LogP contribution in [0.15, 0.2) is 59.8 Å². The Bertz CT molecular complexity index is 906. The summed E-state index contributed by atoms with van der Waals surface area (Å²) in [4.78, 5) is 19.5. The Morgan fingerprint density at radius 3 is 2.69 bits per heavy atom. The number of likely N-dealkylation sites (tertiary alicyclic amines) is 1. The van der Waals surface area contributed by atoms with E-state index in [-0.39, 0.29) is 5.91 Å². The van der Waals surface area contributed by atoms with Crippen LogP contribution in [0.2, 0.25) is 0 Å². The normalized spacial score (nSPS) is 17.6. The summed E-state index contributed by atoms with van der Waals surface area (Å²) in [7, 11) is 0. The lowest BCUT2D eigenvalue weighted by molar-refractivity contribution is -0.131. The minimum absolute atomic E-state index is 0.217. The number of nitrogens with zero attached hydrogens (tertiary/aromatic N) is 3. The van der Waals surface area contributed by atoms with Crippen LogP contribution in [0, 0.1) is 0 Å². The number of rotatable bonds is 4. The van der Waals surface area contributed by atoms with Gasteiger partial charge in [-0.25, -0.2) is 4.98 Å². The predicted octanol–water partition coefficient (Wildman–Crippen LogP) is 4.52. The molecule has 0 bridgehead atoms. The van der Waals surface area contributed by atoms with Gasteiger partial charge in [-0.05, 0) is 50.5 Å². The molecule has 1 amide bonds. The molecular weight excluding hydrogens is 342 g/mol. The van der Waals surface area contributed by atoms with Crippen LogP contribution in [0.5, 0.6) is 0 Å². The maximum Gasteiger partial charge on any atom is 0.233 e. The quantitative estimate of drug-likeness (QED) is 0.638. The van der Waals surface area contributed by atoms with E-state index >= 15 is 0 Å². The molecule has 1 aromatic heterocycles. The molecule has 4 nitrogen and oxygen atoms in total. The molecule has 0 aliphatic carbocycles. The smallest absolute Gasteiger partial charge is 0.233 e. The molecule has 0 N–H and O–H groups in total. The molecule has 1 saturated heterocycles. The SMILES string of the molecule is C[C@H]1CCCCN1C(=O)CSc1nc2ccccc2n1-c1ccccc1. The minimum atomic E-state index is 0.217. The number of carbonyl (C=O) groups excluding carboxylic acids is 1. The van der Waals surface area contributed by atoms with Gasteiger partial charge in [0.25, 0.3) is 0 Å². The van der Waals surface area contributed by atoms with Crippen molar-refractivity contribution >= 4 is 28.7 Å². The molecule has 1 atom stereocenters. The summed E-state index contributed by atoms with van der Waals surface area (Å²) in [6, 6.07) is 18.7. The summed E-state index contributed by atoms with van der Waals surface area (Å²) in [6.07, 6.45) is 3.45. The lowest BCUT2D eigenvalue weighted by Gasteiger charge is -2.33. The fourth-order valence-corrected chi connectivity index (χ4v) is 4.52. The van der Waals surface area contributed by atoms with Crippen LogP contribution in [0.1, 0.15) is 26.2 Å². The summed E-state index contributed by atoms with van der Waals surface area (Å²) in [5, 5.41) is 0.871. The van der Waals surface area contributed by atoms with Gasteiger partial charge >= 0.3 is 0 Å². The van der Waals surface area contributed by atoms with E-state index in [0.29, 0.717) is 11.8 Å². The number of benzene rings is 2. The molecule has 1 aliphatic heterocycles. The lowest BCUT2D eigenvalue weighted by Crippen LogP contribution is -2.42. The highest BCUT2D eigenvalue weighted by Crippen LogP contribution is 2.28. The number of imidazole rings is 1. The van der Waals surface area contributed by atoms with Gasteiger partial charge in [0, 0.05) is 18.3 Å². The van der Waals surface area contributed by atoms with Crippen molar-refractivity contribution in [3.8, 4) is 5.69 Å². The van der Waals surface area contributed by atoms with E-state index in [1.165, 1.54) is 18.2 Å². The first-order valence-electron chi connectivity index (χ1n) is 9.19. The zero-order valence-electron chi connectivity index (χ0n) is 15.0. The van der Waals surface area contributed by atoms with Crippen molar-refractivity contribution in [3.63, 3.8) is 0 Å². The minimum Gasteiger partial charge on any atom is -0.339 e. The van der Waals surface area contributed by atoms with Gasteiger partial charge in [-0.3, -0.25) is 9.36 Å². The zero-order valence-corrected chi connectivity index (χ0v) is 15.8. The Morgan fingerprint density at radius 2 is 1.88 bits per heavy atom. The Kier molecular flexibility index (Phi) is 4.98. The van der Waals surface area contributed by atoms with Crippen molar-refractivity contribution < 1.29 is 4.79 Å². The van der Waals surface area contributed by atoms with Crippen LogP contribution in [-0.2, 0) is 4.79 Å². The summed E-state index contributed by atoms with van der Waals surface area (Å²) < 4.78 is 2.15. The van der Waals surface area contributed by atoms with Gasteiger partial charge in [0.15, 0.2) is 5.16 Å². The third-order valence-electron chi connectivity index (χ3n) is 4.99. The average molecular weight is 366 g/mol. The van der Waals surface area contributed by atoms with Gasteiger partial charge in [0.1, 0.15) is 0 Å². The monoisotopic (exact) mass is 365 g/mol. The number of aromatic nitrogens is 2. The van der Waals surface area contributed by atoms with Gasteiger partial charge in [-0.15, -0.1) is 0 Å². The number of thioether (sulfide) groups is 1.